The second kappa shape index (κ2) is 7.96. The van der Waals surface area contributed by atoms with E-state index < -0.39 is 6.09 Å². The van der Waals surface area contributed by atoms with Crippen LogP contribution in [0.15, 0.2) is 41.3 Å². The van der Waals surface area contributed by atoms with Gasteiger partial charge in [0.05, 0.1) is 34.7 Å². The standard InChI is InChI=1S/C22H22BrN5O3/c23-14-3-4-19-17(9-14)20(18(11-24-19)21(29)13-1-2-13)26-15-10-25-28(12-15)16-5-7-27(8-6-16)22(30)31/h3-4,9-13,16H,1-2,5-8H2,(H,24,26)(H,30,31). The molecule has 9 heteroatoms. The van der Waals surface area contributed by atoms with Crippen molar-refractivity contribution >= 4 is 50.1 Å². The van der Waals surface area contributed by atoms with E-state index in [0.717, 1.165) is 52.4 Å². The summed E-state index contributed by atoms with van der Waals surface area (Å²) in [5.41, 5.74) is 2.96. The number of rotatable bonds is 5. The number of halogens is 1. The van der Waals surface area contributed by atoms with E-state index in [0.29, 0.717) is 18.7 Å². The SMILES string of the molecule is O=C(c1cnc2ccc(Br)cc2c1Nc1cnn(C2CCN(C(=O)O)CC2)c1)C1CC1. The molecule has 31 heavy (non-hydrogen) atoms. The maximum atomic E-state index is 12.9. The van der Waals surface area contributed by atoms with Crippen LogP contribution in [0.4, 0.5) is 16.2 Å². The van der Waals surface area contributed by atoms with Crippen molar-refractivity contribution in [3.8, 4) is 0 Å². The largest absolute Gasteiger partial charge is 0.465 e. The summed E-state index contributed by atoms with van der Waals surface area (Å²) in [6.45, 7) is 1.01. The molecule has 2 fully saturated rings. The average molecular weight is 484 g/mol. The first kappa shape index (κ1) is 20.0. The topological polar surface area (TPSA) is 100 Å². The molecule has 1 saturated heterocycles. The summed E-state index contributed by atoms with van der Waals surface area (Å²) in [4.78, 5) is 30.0. The smallest absolute Gasteiger partial charge is 0.407 e. The lowest BCUT2D eigenvalue weighted by Gasteiger charge is -2.29. The van der Waals surface area contributed by atoms with Gasteiger partial charge in [0.1, 0.15) is 0 Å². The van der Waals surface area contributed by atoms with Crippen LogP contribution in [0.5, 0.6) is 0 Å². The third kappa shape index (κ3) is 4.01. The van der Waals surface area contributed by atoms with Crippen molar-refractivity contribution in [1.82, 2.24) is 19.7 Å². The third-order valence-corrected chi connectivity index (χ3v) is 6.52. The van der Waals surface area contributed by atoms with E-state index in [1.165, 1.54) is 4.90 Å². The second-order valence-electron chi connectivity index (χ2n) is 8.18. The number of nitrogens with zero attached hydrogens (tertiary/aromatic N) is 4. The number of Topliss-reactive ketones (excluding diaryl/α,β-unsaturated/α-hetero) is 1. The van der Waals surface area contributed by atoms with Crippen LogP contribution in [-0.2, 0) is 0 Å². The molecule has 160 valence electrons. The number of pyridine rings is 1. The first-order valence-corrected chi connectivity index (χ1v) is 11.2. The zero-order chi connectivity index (χ0) is 21.5. The highest BCUT2D eigenvalue weighted by molar-refractivity contribution is 9.10. The van der Waals surface area contributed by atoms with Gasteiger partial charge in [0, 0.05) is 41.3 Å². The molecule has 0 unspecified atom stereocenters. The van der Waals surface area contributed by atoms with Crippen LogP contribution in [0, 0.1) is 5.92 Å². The van der Waals surface area contributed by atoms with Gasteiger partial charge in [-0.1, -0.05) is 15.9 Å². The summed E-state index contributed by atoms with van der Waals surface area (Å²) >= 11 is 3.52. The number of hydrogen-bond acceptors (Lipinski definition) is 5. The van der Waals surface area contributed by atoms with E-state index in [4.69, 9.17) is 5.11 Å². The number of piperidine rings is 1. The minimum atomic E-state index is -0.871. The number of ketones is 1. The van der Waals surface area contributed by atoms with E-state index in [9.17, 15) is 9.59 Å². The minimum absolute atomic E-state index is 0.0918. The molecule has 2 aliphatic rings. The highest BCUT2D eigenvalue weighted by atomic mass is 79.9. The zero-order valence-corrected chi connectivity index (χ0v) is 18.4. The van der Waals surface area contributed by atoms with Gasteiger partial charge in [-0.2, -0.15) is 5.10 Å². The Bertz CT molecular complexity index is 1170. The van der Waals surface area contributed by atoms with E-state index in [-0.39, 0.29) is 17.7 Å². The quantitative estimate of drug-likeness (QED) is 0.503. The van der Waals surface area contributed by atoms with Crippen molar-refractivity contribution in [3.63, 3.8) is 0 Å². The molecule has 1 aliphatic carbocycles. The summed E-state index contributed by atoms with van der Waals surface area (Å²) in [6, 6.07) is 5.99. The Morgan fingerprint density at radius 1 is 1.13 bits per heavy atom. The fourth-order valence-electron chi connectivity index (χ4n) is 4.12. The minimum Gasteiger partial charge on any atom is -0.465 e. The highest BCUT2D eigenvalue weighted by Gasteiger charge is 2.32. The van der Waals surface area contributed by atoms with Crippen molar-refractivity contribution in [2.75, 3.05) is 18.4 Å². The van der Waals surface area contributed by atoms with Gasteiger partial charge in [0.2, 0.25) is 0 Å². The number of likely N-dealkylation sites (tertiary alicyclic amines) is 1. The number of carbonyl (C=O) groups excluding carboxylic acids is 1. The maximum Gasteiger partial charge on any atom is 0.407 e. The molecule has 2 N–H and O–H groups in total. The van der Waals surface area contributed by atoms with Crippen LogP contribution in [0.25, 0.3) is 10.9 Å². The Morgan fingerprint density at radius 2 is 1.90 bits per heavy atom. The molecule has 1 amide bonds. The fraction of sp³-hybridized carbons (Fsp3) is 0.364. The molecular weight excluding hydrogens is 462 g/mol. The number of aromatic nitrogens is 3. The predicted molar refractivity (Wildman–Crippen MR) is 120 cm³/mol. The van der Waals surface area contributed by atoms with Gasteiger partial charge in [-0.25, -0.2) is 4.79 Å². The Labute approximate surface area is 187 Å². The molecule has 0 spiro atoms. The molecule has 8 nitrogen and oxygen atoms in total. The molecule has 0 bridgehead atoms. The molecule has 3 aromatic rings. The lowest BCUT2D eigenvalue weighted by Crippen LogP contribution is -2.38. The Balaban J connectivity index is 1.44. The summed E-state index contributed by atoms with van der Waals surface area (Å²) in [6.07, 6.45) is 7.79. The predicted octanol–water partition coefficient (Wildman–Crippen LogP) is 4.85. The van der Waals surface area contributed by atoms with Crippen molar-refractivity contribution in [2.45, 2.75) is 31.7 Å². The Hall–Kier alpha value is -2.94. The molecule has 1 aliphatic heterocycles. The highest BCUT2D eigenvalue weighted by Crippen LogP contribution is 2.38. The normalized spacial score (nSPS) is 17.1. The molecular formula is C22H22BrN5O3. The summed E-state index contributed by atoms with van der Waals surface area (Å²) in [5.74, 6) is 0.222. The lowest BCUT2D eigenvalue weighted by atomic mass is 10.0. The molecule has 1 aromatic carbocycles. The van der Waals surface area contributed by atoms with E-state index in [1.54, 1.807) is 12.4 Å². The number of benzene rings is 1. The van der Waals surface area contributed by atoms with Crippen LogP contribution >= 0.6 is 15.9 Å². The van der Waals surface area contributed by atoms with Gasteiger partial charge in [-0.15, -0.1) is 0 Å². The van der Waals surface area contributed by atoms with Gasteiger partial charge >= 0.3 is 6.09 Å². The van der Waals surface area contributed by atoms with Crippen LogP contribution in [0.2, 0.25) is 0 Å². The number of hydrogen-bond donors (Lipinski definition) is 2. The van der Waals surface area contributed by atoms with Crippen molar-refractivity contribution in [3.05, 3.63) is 46.8 Å². The lowest BCUT2D eigenvalue weighted by molar-refractivity contribution is 0.0968. The molecule has 0 atom stereocenters. The fourth-order valence-corrected chi connectivity index (χ4v) is 4.48. The Morgan fingerprint density at radius 3 is 2.61 bits per heavy atom. The number of amides is 1. The summed E-state index contributed by atoms with van der Waals surface area (Å²) in [7, 11) is 0. The van der Waals surface area contributed by atoms with Gasteiger partial charge in [0.25, 0.3) is 0 Å². The van der Waals surface area contributed by atoms with E-state index in [2.05, 4.69) is 31.3 Å². The molecule has 1 saturated carbocycles. The van der Waals surface area contributed by atoms with Crippen LogP contribution in [0.1, 0.15) is 42.1 Å². The first-order chi connectivity index (χ1) is 15.0. The molecule has 3 heterocycles. The zero-order valence-electron chi connectivity index (χ0n) is 16.8. The first-order valence-electron chi connectivity index (χ1n) is 10.4. The number of anilines is 2. The van der Waals surface area contributed by atoms with E-state index >= 15 is 0 Å². The molecule has 2 aromatic heterocycles. The summed E-state index contributed by atoms with van der Waals surface area (Å²) < 4.78 is 2.81. The second-order valence-corrected chi connectivity index (χ2v) is 9.10. The number of carbonyl (C=O) groups is 2. The summed E-state index contributed by atoms with van der Waals surface area (Å²) in [5, 5.41) is 17.9. The number of fused-ring (bicyclic) bond motifs is 1. The van der Waals surface area contributed by atoms with Crippen molar-refractivity contribution < 1.29 is 14.7 Å². The van der Waals surface area contributed by atoms with Crippen LogP contribution in [0.3, 0.4) is 0 Å². The van der Waals surface area contributed by atoms with Gasteiger partial charge in [0.15, 0.2) is 5.78 Å². The van der Waals surface area contributed by atoms with Crippen LogP contribution in [-0.4, -0.2) is 49.7 Å². The molecule has 5 rings (SSSR count). The van der Waals surface area contributed by atoms with E-state index in [1.807, 2.05) is 29.1 Å². The van der Waals surface area contributed by atoms with Gasteiger partial charge in [-0.05, 0) is 43.9 Å². The number of carboxylic acid groups (broad SMARTS) is 1. The number of nitrogens with one attached hydrogen (secondary N) is 1. The van der Waals surface area contributed by atoms with Crippen LogP contribution < -0.4 is 5.32 Å². The van der Waals surface area contributed by atoms with Gasteiger partial charge in [-0.3, -0.25) is 14.5 Å². The maximum absolute atomic E-state index is 12.9. The van der Waals surface area contributed by atoms with Crippen molar-refractivity contribution in [1.29, 1.82) is 0 Å². The van der Waals surface area contributed by atoms with Crippen molar-refractivity contribution in [2.24, 2.45) is 5.92 Å². The Kier molecular flexibility index (Phi) is 5.13. The monoisotopic (exact) mass is 483 g/mol. The average Bonchev–Trinajstić information content (AvgIpc) is 3.52. The third-order valence-electron chi connectivity index (χ3n) is 6.02. The molecule has 0 radical (unpaired) electrons. The van der Waals surface area contributed by atoms with Gasteiger partial charge < -0.3 is 15.3 Å².